The summed E-state index contributed by atoms with van der Waals surface area (Å²) in [6.07, 6.45) is 0. The van der Waals surface area contributed by atoms with Crippen LogP contribution >= 0.6 is 0 Å². The van der Waals surface area contributed by atoms with Crippen LogP contribution < -0.4 is 9.46 Å². The van der Waals surface area contributed by atoms with Gasteiger partial charge in [0.15, 0.2) is 0 Å². The molecule has 0 aliphatic carbocycles. The van der Waals surface area contributed by atoms with Crippen molar-refractivity contribution in [3.63, 3.8) is 0 Å². The van der Waals surface area contributed by atoms with E-state index in [-0.39, 0.29) is 23.2 Å². The Morgan fingerprint density at radius 1 is 1.13 bits per heavy atom. The van der Waals surface area contributed by atoms with E-state index in [1.807, 2.05) is 13.8 Å². The Bertz CT molecular complexity index is 771. The molecule has 0 amide bonds. The van der Waals surface area contributed by atoms with Crippen LogP contribution in [0.15, 0.2) is 47.4 Å². The first-order valence-electron chi connectivity index (χ1n) is 7.25. The molecule has 0 atom stereocenters. The molecule has 6 heteroatoms. The highest BCUT2D eigenvalue weighted by atomic mass is 32.2. The minimum Gasteiger partial charge on any atom is -0.496 e. The van der Waals surface area contributed by atoms with Crippen LogP contribution in [-0.4, -0.2) is 15.5 Å². The maximum atomic E-state index is 12.9. The van der Waals surface area contributed by atoms with Gasteiger partial charge in [-0.2, -0.15) is 0 Å². The van der Waals surface area contributed by atoms with Gasteiger partial charge in [0.25, 0.3) is 0 Å². The Morgan fingerprint density at radius 3 is 2.35 bits per heavy atom. The van der Waals surface area contributed by atoms with Crippen molar-refractivity contribution >= 4 is 10.0 Å². The fraction of sp³-hybridized carbons (Fsp3) is 0.294. The van der Waals surface area contributed by atoms with Crippen molar-refractivity contribution in [3.8, 4) is 5.75 Å². The summed E-state index contributed by atoms with van der Waals surface area (Å²) in [5, 5.41) is 0. The molecule has 0 spiro atoms. The van der Waals surface area contributed by atoms with Crippen LogP contribution in [-0.2, 0) is 16.6 Å². The van der Waals surface area contributed by atoms with Crippen LogP contribution in [0, 0.1) is 5.82 Å². The molecule has 124 valence electrons. The van der Waals surface area contributed by atoms with Gasteiger partial charge in [-0.15, -0.1) is 0 Å². The lowest BCUT2D eigenvalue weighted by Crippen LogP contribution is -2.23. The average molecular weight is 337 g/mol. The molecule has 0 saturated heterocycles. The molecule has 0 unspecified atom stereocenters. The number of rotatable bonds is 6. The van der Waals surface area contributed by atoms with Crippen molar-refractivity contribution in [2.45, 2.75) is 31.2 Å². The van der Waals surface area contributed by atoms with Gasteiger partial charge >= 0.3 is 0 Å². The summed E-state index contributed by atoms with van der Waals surface area (Å²) in [7, 11) is -2.09. The number of nitrogens with one attached hydrogen (secondary N) is 1. The van der Waals surface area contributed by atoms with E-state index in [0.29, 0.717) is 11.3 Å². The van der Waals surface area contributed by atoms with Crippen molar-refractivity contribution in [1.82, 2.24) is 4.72 Å². The van der Waals surface area contributed by atoms with Crippen molar-refractivity contribution in [1.29, 1.82) is 0 Å². The first kappa shape index (κ1) is 17.4. The molecule has 4 nitrogen and oxygen atoms in total. The van der Waals surface area contributed by atoms with Crippen LogP contribution in [0.5, 0.6) is 5.75 Å². The smallest absolute Gasteiger partial charge is 0.240 e. The molecule has 1 N–H and O–H groups in total. The minimum atomic E-state index is -3.65. The third-order valence-corrected chi connectivity index (χ3v) is 4.91. The molecule has 23 heavy (non-hydrogen) atoms. The highest BCUT2D eigenvalue weighted by molar-refractivity contribution is 7.89. The second-order valence-corrected chi connectivity index (χ2v) is 7.28. The van der Waals surface area contributed by atoms with Crippen molar-refractivity contribution < 1.29 is 17.5 Å². The van der Waals surface area contributed by atoms with Gasteiger partial charge in [0.05, 0.1) is 12.0 Å². The van der Waals surface area contributed by atoms with Gasteiger partial charge in [0.2, 0.25) is 10.0 Å². The number of methoxy groups -OCH3 is 1. The number of sulfonamides is 1. The third kappa shape index (κ3) is 4.30. The number of halogens is 1. The van der Waals surface area contributed by atoms with Gasteiger partial charge in [-0.1, -0.05) is 26.0 Å². The lowest BCUT2D eigenvalue weighted by molar-refractivity contribution is 0.407. The summed E-state index contributed by atoms with van der Waals surface area (Å²) in [5.41, 5.74) is 1.52. The standard InChI is InChI=1S/C17H20FNO3S/c1-12(2)16-10-15(8-9-17(16)22-3)23(20,21)19-11-13-4-6-14(18)7-5-13/h4-10,12,19H,11H2,1-3H3. The first-order chi connectivity index (χ1) is 10.8. The summed E-state index contributed by atoms with van der Waals surface area (Å²) in [6, 6.07) is 10.5. The molecular formula is C17H20FNO3S. The van der Waals surface area contributed by atoms with Crippen molar-refractivity contribution in [2.24, 2.45) is 0 Å². The Kier molecular flexibility index (Phi) is 5.38. The van der Waals surface area contributed by atoms with Gasteiger partial charge in [-0.3, -0.25) is 0 Å². The zero-order chi connectivity index (χ0) is 17.0. The molecule has 0 aromatic heterocycles. The summed E-state index contributed by atoms with van der Waals surface area (Å²) in [5.74, 6) is 0.447. The lowest BCUT2D eigenvalue weighted by Gasteiger charge is -2.14. The highest BCUT2D eigenvalue weighted by Crippen LogP contribution is 2.28. The molecule has 0 heterocycles. The number of hydrogen-bond acceptors (Lipinski definition) is 3. The molecule has 0 aliphatic heterocycles. The van der Waals surface area contributed by atoms with Crippen LogP contribution in [0.25, 0.3) is 0 Å². The SMILES string of the molecule is COc1ccc(S(=O)(=O)NCc2ccc(F)cc2)cc1C(C)C. The van der Waals surface area contributed by atoms with Crippen LogP contribution in [0.3, 0.4) is 0 Å². The first-order valence-corrected chi connectivity index (χ1v) is 8.74. The number of benzene rings is 2. The highest BCUT2D eigenvalue weighted by Gasteiger charge is 2.17. The summed E-state index contributed by atoms with van der Waals surface area (Å²) in [6.45, 7) is 4.05. The number of hydrogen-bond donors (Lipinski definition) is 1. The average Bonchev–Trinajstić information content (AvgIpc) is 2.53. The van der Waals surface area contributed by atoms with E-state index in [1.165, 1.54) is 18.2 Å². The van der Waals surface area contributed by atoms with E-state index in [0.717, 1.165) is 5.56 Å². The minimum absolute atomic E-state index is 0.103. The zero-order valence-electron chi connectivity index (χ0n) is 13.3. The topological polar surface area (TPSA) is 55.4 Å². The third-order valence-electron chi connectivity index (χ3n) is 3.51. The Balaban J connectivity index is 2.22. The lowest BCUT2D eigenvalue weighted by atomic mass is 10.0. The zero-order valence-corrected chi connectivity index (χ0v) is 14.2. The van der Waals surface area contributed by atoms with Gasteiger partial charge in [-0.25, -0.2) is 17.5 Å². The summed E-state index contributed by atoms with van der Waals surface area (Å²) < 4.78 is 45.5. The fourth-order valence-corrected chi connectivity index (χ4v) is 3.25. The summed E-state index contributed by atoms with van der Waals surface area (Å²) in [4.78, 5) is 0.184. The Hall–Kier alpha value is -1.92. The molecule has 0 fully saturated rings. The maximum absolute atomic E-state index is 12.9. The van der Waals surface area contributed by atoms with Gasteiger partial charge in [0, 0.05) is 6.54 Å². The molecule has 0 bridgehead atoms. The van der Waals surface area contributed by atoms with E-state index in [2.05, 4.69) is 4.72 Å². The maximum Gasteiger partial charge on any atom is 0.240 e. The predicted octanol–water partition coefficient (Wildman–Crippen LogP) is 3.44. The quantitative estimate of drug-likeness (QED) is 0.878. The van der Waals surface area contributed by atoms with Gasteiger partial charge < -0.3 is 4.74 Å². The van der Waals surface area contributed by atoms with Crippen molar-refractivity contribution in [3.05, 3.63) is 59.4 Å². The van der Waals surface area contributed by atoms with E-state index in [9.17, 15) is 12.8 Å². The van der Waals surface area contributed by atoms with E-state index < -0.39 is 10.0 Å². The fourth-order valence-electron chi connectivity index (χ4n) is 2.19. The van der Waals surface area contributed by atoms with Crippen LogP contribution in [0.2, 0.25) is 0 Å². The normalized spacial score (nSPS) is 11.7. The molecule has 2 aromatic carbocycles. The van der Waals surface area contributed by atoms with E-state index >= 15 is 0 Å². The van der Waals surface area contributed by atoms with E-state index in [4.69, 9.17) is 4.74 Å². The Morgan fingerprint density at radius 2 is 1.78 bits per heavy atom. The van der Waals surface area contributed by atoms with Gasteiger partial charge in [0.1, 0.15) is 11.6 Å². The van der Waals surface area contributed by atoms with Crippen LogP contribution in [0.4, 0.5) is 4.39 Å². The van der Waals surface area contributed by atoms with E-state index in [1.54, 1.807) is 31.4 Å². The second-order valence-electron chi connectivity index (χ2n) is 5.51. The molecule has 0 radical (unpaired) electrons. The molecule has 2 rings (SSSR count). The molecule has 0 aliphatic rings. The van der Waals surface area contributed by atoms with Gasteiger partial charge in [-0.05, 0) is 47.4 Å². The molecular weight excluding hydrogens is 317 g/mol. The summed E-state index contributed by atoms with van der Waals surface area (Å²) >= 11 is 0. The largest absolute Gasteiger partial charge is 0.496 e. The molecule has 0 saturated carbocycles. The number of ether oxygens (including phenoxy) is 1. The second kappa shape index (κ2) is 7.10. The van der Waals surface area contributed by atoms with Crippen molar-refractivity contribution in [2.75, 3.05) is 7.11 Å². The predicted molar refractivity (Wildman–Crippen MR) is 87.5 cm³/mol. The molecule has 2 aromatic rings. The van der Waals surface area contributed by atoms with Crippen LogP contribution in [0.1, 0.15) is 30.9 Å². The monoisotopic (exact) mass is 337 g/mol. The Labute approximate surface area is 136 Å².